The van der Waals surface area contributed by atoms with Gasteiger partial charge in [0.15, 0.2) is 0 Å². The summed E-state index contributed by atoms with van der Waals surface area (Å²) in [6, 6.07) is 2.99. The van der Waals surface area contributed by atoms with Crippen LogP contribution in [-0.4, -0.2) is 22.2 Å². The van der Waals surface area contributed by atoms with Crippen LogP contribution >= 0.6 is 0 Å². The predicted octanol–water partition coefficient (Wildman–Crippen LogP) is 3.31. The molecule has 1 heterocycles. The van der Waals surface area contributed by atoms with Crippen LogP contribution in [0, 0.1) is 5.82 Å². The molecule has 2 rings (SSSR count). The Kier molecular flexibility index (Phi) is 5.45. The number of nitrogens with zero attached hydrogens (tertiary/aromatic N) is 1. The van der Waals surface area contributed by atoms with Gasteiger partial charge in [-0.3, -0.25) is 9.78 Å². The summed E-state index contributed by atoms with van der Waals surface area (Å²) in [6.07, 6.45) is -8.77. The molecule has 0 saturated heterocycles. The van der Waals surface area contributed by atoms with Crippen molar-refractivity contribution in [2.24, 2.45) is 0 Å². The summed E-state index contributed by atoms with van der Waals surface area (Å²) in [7, 11) is 0. The van der Waals surface area contributed by atoms with Crippen LogP contribution in [0.5, 0.6) is 0 Å². The van der Waals surface area contributed by atoms with Crippen molar-refractivity contribution in [3.63, 3.8) is 0 Å². The van der Waals surface area contributed by atoms with Crippen LogP contribution in [0.1, 0.15) is 16.7 Å². The first kappa shape index (κ1) is 20.6. The number of carbonyl (C=O) groups is 1. The minimum absolute atomic E-state index is 0.234. The van der Waals surface area contributed by atoms with Crippen LogP contribution in [0.3, 0.4) is 0 Å². The molecule has 0 aliphatic carbocycles. The van der Waals surface area contributed by atoms with E-state index in [1.165, 1.54) is 0 Å². The van der Waals surface area contributed by atoms with Crippen LogP contribution in [0.2, 0.25) is 0 Å². The lowest BCUT2D eigenvalue weighted by molar-refractivity contribution is -0.257. The smallest absolute Gasteiger partial charge is 0.369 e. The molecule has 4 nitrogen and oxygen atoms in total. The Morgan fingerprint density at radius 1 is 1.00 bits per heavy atom. The normalized spacial score (nSPS) is 14.5. The van der Waals surface area contributed by atoms with Gasteiger partial charge in [0, 0.05) is 24.5 Å². The number of rotatable bonds is 4. The fourth-order valence-electron chi connectivity index (χ4n) is 2.16. The molecule has 0 aliphatic heterocycles. The number of aromatic nitrogens is 1. The first-order valence-electron chi connectivity index (χ1n) is 7.20. The molecule has 2 N–H and O–H groups in total. The maximum Gasteiger partial charge on any atom is 0.430 e. The number of hydrogen-bond acceptors (Lipinski definition) is 3. The highest BCUT2D eigenvalue weighted by Crippen LogP contribution is 2.39. The van der Waals surface area contributed by atoms with Crippen molar-refractivity contribution < 1.29 is 40.6 Å². The fraction of sp³-hybridized carbons (Fsp3) is 0.250. The molecule has 1 aromatic heterocycles. The maximum atomic E-state index is 13.3. The SMILES string of the molecule is O=C(NCc1cncc(C(F)(F)F)c1)[C@](O)(c1ccc(F)cc1)C(F)(F)F. The van der Waals surface area contributed by atoms with E-state index in [2.05, 4.69) is 4.98 Å². The minimum atomic E-state index is -5.47. The third-order valence-electron chi connectivity index (χ3n) is 3.58. The number of aliphatic hydroxyl groups is 1. The Balaban J connectivity index is 2.27. The van der Waals surface area contributed by atoms with Gasteiger partial charge in [-0.1, -0.05) is 12.1 Å². The lowest BCUT2D eigenvalue weighted by Gasteiger charge is -2.29. The van der Waals surface area contributed by atoms with E-state index in [9.17, 15) is 40.6 Å². The Bertz CT molecular complexity index is 819. The van der Waals surface area contributed by atoms with Gasteiger partial charge < -0.3 is 10.4 Å². The molecule has 1 atom stereocenters. The van der Waals surface area contributed by atoms with Crippen molar-refractivity contribution in [1.29, 1.82) is 0 Å². The Morgan fingerprint density at radius 2 is 1.59 bits per heavy atom. The second-order valence-electron chi connectivity index (χ2n) is 5.48. The zero-order valence-corrected chi connectivity index (χ0v) is 13.2. The minimum Gasteiger partial charge on any atom is -0.369 e. The molecule has 0 bridgehead atoms. The van der Waals surface area contributed by atoms with Gasteiger partial charge in [0.2, 0.25) is 0 Å². The average Bonchev–Trinajstić information content (AvgIpc) is 2.58. The first-order chi connectivity index (χ1) is 12.4. The zero-order chi connectivity index (χ0) is 20.5. The van der Waals surface area contributed by atoms with E-state index in [-0.39, 0.29) is 5.56 Å². The third kappa shape index (κ3) is 4.35. The van der Waals surface area contributed by atoms with Crippen molar-refractivity contribution in [1.82, 2.24) is 10.3 Å². The zero-order valence-electron chi connectivity index (χ0n) is 13.2. The monoisotopic (exact) mass is 396 g/mol. The fourth-order valence-corrected chi connectivity index (χ4v) is 2.16. The maximum absolute atomic E-state index is 13.3. The number of nitrogens with one attached hydrogen (secondary N) is 1. The third-order valence-corrected chi connectivity index (χ3v) is 3.58. The topological polar surface area (TPSA) is 62.2 Å². The quantitative estimate of drug-likeness (QED) is 0.780. The van der Waals surface area contributed by atoms with Crippen molar-refractivity contribution in [3.05, 3.63) is 65.2 Å². The number of alkyl halides is 6. The number of hydrogen-bond donors (Lipinski definition) is 2. The second-order valence-corrected chi connectivity index (χ2v) is 5.48. The van der Waals surface area contributed by atoms with Gasteiger partial charge in [-0.05, 0) is 23.8 Å². The van der Waals surface area contributed by atoms with E-state index in [1.54, 1.807) is 5.32 Å². The van der Waals surface area contributed by atoms with Gasteiger partial charge in [0.1, 0.15) is 5.82 Å². The van der Waals surface area contributed by atoms with E-state index in [1.807, 2.05) is 0 Å². The van der Waals surface area contributed by atoms with E-state index in [4.69, 9.17) is 0 Å². The largest absolute Gasteiger partial charge is 0.430 e. The number of amides is 1. The highest BCUT2D eigenvalue weighted by molar-refractivity contribution is 5.87. The summed E-state index contributed by atoms with van der Waals surface area (Å²) in [4.78, 5) is 15.3. The van der Waals surface area contributed by atoms with Crippen LogP contribution in [0.15, 0.2) is 42.7 Å². The second kappa shape index (κ2) is 7.14. The van der Waals surface area contributed by atoms with Crippen molar-refractivity contribution in [3.8, 4) is 0 Å². The Labute approximate surface area is 147 Å². The molecular formula is C16H11F7N2O2. The molecule has 0 aliphatic rings. The molecular weight excluding hydrogens is 385 g/mol. The van der Waals surface area contributed by atoms with Gasteiger partial charge in [-0.25, -0.2) is 4.39 Å². The molecule has 0 fully saturated rings. The highest BCUT2D eigenvalue weighted by Gasteiger charge is 2.60. The standard InChI is InChI=1S/C16H11F7N2O2/c17-12-3-1-10(2-4-12)14(27,16(21,22)23)13(26)25-7-9-5-11(8-24-6-9)15(18,19)20/h1-6,8,27H,7H2,(H,25,26)/t14-/m1/s1. The van der Waals surface area contributed by atoms with Gasteiger partial charge in [0.25, 0.3) is 11.5 Å². The molecule has 1 aromatic carbocycles. The lowest BCUT2D eigenvalue weighted by Crippen LogP contribution is -2.54. The Hall–Kier alpha value is -2.69. The summed E-state index contributed by atoms with van der Waals surface area (Å²) >= 11 is 0. The molecule has 0 radical (unpaired) electrons. The molecule has 0 saturated carbocycles. The molecule has 146 valence electrons. The number of benzene rings is 1. The van der Waals surface area contributed by atoms with Gasteiger partial charge in [0.05, 0.1) is 5.56 Å². The van der Waals surface area contributed by atoms with Gasteiger partial charge >= 0.3 is 12.4 Å². The molecule has 0 unspecified atom stereocenters. The van der Waals surface area contributed by atoms with Crippen LogP contribution in [0.4, 0.5) is 30.7 Å². The van der Waals surface area contributed by atoms with Gasteiger partial charge in [-0.15, -0.1) is 0 Å². The predicted molar refractivity (Wildman–Crippen MR) is 77.4 cm³/mol. The molecule has 1 amide bonds. The molecule has 0 spiro atoms. The molecule has 27 heavy (non-hydrogen) atoms. The van der Waals surface area contributed by atoms with Crippen molar-refractivity contribution in [2.75, 3.05) is 0 Å². The van der Waals surface area contributed by atoms with E-state index < -0.39 is 47.3 Å². The number of pyridine rings is 1. The van der Waals surface area contributed by atoms with Crippen molar-refractivity contribution in [2.45, 2.75) is 24.5 Å². The molecule has 2 aromatic rings. The summed E-state index contributed by atoms with van der Waals surface area (Å²) in [6.45, 7) is -0.755. The van der Waals surface area contributed by atoms with Crippen molar-refractivity contribution >= 4 is 5.91 Å². The van der Waals surface area contributed by atoms with Crippen LogP contribution < -0.4 is 5.32 Å². The van der Waals surface area contributed by atoms with Crippen LogP contribution in [0.25, 0.3) is 0 Å². The number of halogens is 7. The van der Waals surface area contributed by atoms with E-state index in [0.29, 0.717) is 36.5 Å². The summed E-state index contributed by atoms with van der Waals surface area (Å²) < 4.78 is 90.7. The number of carbonyl (C=O) groups excluding carboxylic acids is 1. The summed E-state index contributed by atoms with van der Waals surface area (Å²) in [5.74, 6) is -2.82. The van der Waals surface area contributed by atoms with Gasteiger partial charge in [-0.2, -0.15) is 26.3 Å². The molecule has 11 heteroatoms. The lowest BCUT2D eigenvalue weighted by atomic mass is 9.92. The van der Waals surface area contributed by atoms with E-state index >= 15 is 0 Å². The average molecular weight is 396 g/mol. The summed E-state index contributed by atoms with van der Waals surface area (Å²) in [5, 5.41) is 11.7. The van der Waals surface area contributed by atoms with E-state index in [0.717, 1.165) is 6.20 Å². The van der Waals surface area contributed by atoms with Crippen LogP contribution in [-0.2, 0) is 23.1 Å². The highest BCUT2D eigenvalue weighted by atomic mass is 19.4. The Morgan fingerprint density at radius 3 is 2.11 bits per heavy atom. The first-order valence-corrected chi connectivity index (χ1v) is 7.20. The summed E-state index contributed by atoms with van der Waals surface area (Å²) in [5.41, 5.74) is -6.35.